The fourth-order valence-electron chi connectivity index (χ4n) is 7.34. The van der Waals surface area contributed by atoms with Crippen LogP contribution in [0.15, 0.2) is 11.6 Å². The third-order valence-electron chi connectivity index (χ3n) is 8.75. The van der Waals surface area contributed by atoms with Crippen LogP contribution >= 0.6 is 0 Å². The molecular formula is C22H34O2. The first-order valence-corrected chi connectivity index (χ1v) is 10.3. The van der Waals surface area contributed by atoms with Gasteiger partial charge < -0.3 is 5.11 Å². The number of rotatable bonds is 2. The zero-order chi connectivity index (χ0) is 17.1. The normalized spacial score (nSPS) is 50.8. The van der Waals surface area contributed by atoms with Crippen molar-refractivity contribution in [3.05, 3.63) is 11.6 Å². The third kappa shape index (κ3) is 2.21. The highest BCUT2D eigenvalue weighted by atomic mass is 16.3. The minimum atomic E-state index is -0.0941. The number of fused-ring (bicyclic) bond motifs is 5. The maximum atomic E-state index is 12.1. The Bertz CT molecular complexity index is 564. The topological polar surface area (TPSA) is 37.3 Å². The fraction of sp³-hybridized carbons (Fsp3) is 0.864. The molecule has 0 unspecified atom stereocenters. The highest BCUT2D eigenvalue weighted by Gasteiger charge is 2.60. The Labute approximate surface area is 147 Å². The summed E-state index contributed by atoms with van der Waals surface area (Å²) in [4.78, 5) is 12.1. The molecule has 2 nitrogen and oxygen atoms in total. The zero-order valence-corrected chi connectivity index (χ0v) is 15.7. The van der Waals surface area contributed by atoms with Gasteiger partial charge in [-0.05, 0) is 79.1 Å². The van der Waals surface area contributed by atoms with E-state index in [4.69, 9.17) is 0 Å². The summed E-state index contributed by atoms with van der Waals surface area (Å²) in [6, 6.07) is 0. The average Bonchev–Trinajstić information content (AvgIpc) is 2.85. The highest BCUT2D eigenvalue weighted by Crippen LogP contribution is 2.67. The molecule has 0 aromatic rings. The summed E-state index contributed by atoms with van der Waals surface area (Å²) in [6.07, 6.45) is 12.0. The first-order chi connectivity index (χ1) is 11.4. The van der Waals surface area contributed by atoms with Crippen molar-refractivity contribution in [2.24, 2.45) is 34.5 Å². The van der Waals surface area contributed by atoms with Gasteiger partial charge in [-0.15, -0.1) is 0 Å². The smallest absolute Gasteiger partial charge is 0.155 e. The maximum Gasteiger partial charge on any atom is 0.155 e. The van der Waals surface area contributed by atoms with E-state index in [2.05, 4.69) is 20.8 Å². The van der Waals surface area contributed by atoms with E-state index in [0.29, 0.717) is 11.7 Å². The molecule has 0 aromatic heterocycles. The van der Waals surface area contributed by atoms with Gasteiger partial charge in [0.15, 0.2) is 5.78 Å². The van der Waals surface area contributed by atoms with Gasteiger partial charge in [0, 0.05) is 6.42 Å². The molecule has 4 aliphatic carbocycles. The Morgan fingerprint density at radius 1 is 1.17 bits per heavy atom. The Hall–Kier alpha value is -0.630. The lowest BCUT2D eigenvalue weighted by molar-refractivity contribution is -0.120. The predicted octanol–water partition coefficient (Wildman–Crippen LogP) is 4.91. The number of aliphatic hydroxyl groups is 1. The van der Waals surface area contributed by atoms with Crippen molar-refractivity contribution in [1.82, 2.24) is 0 Å². The van der Waals surface area contributed by atoms with Crippen LogP contribution in [-0.4, -0.2) is 17.0 Å². The molecule has 0 bridgehead atoms. The SMILES string of the molecule is CCC[C@@H]1CC2=CC(=O)CC[C@]2(C)[C@H]2CC[C@]3(C)[C@@H](O)CC[C@H]3[C@H]12. The average molecular weight is 331 g/mol. The van der Waals surface area contributed by atoms with E-state index in [9.17, 15) is 9.90 Å². The van der Waals surface area contributed by atoms with E-state index in [1.807, 2.05) is 6.08 Å². The molecule has 3 saturated carbocycles. The van der Waals surface area contributed by atoms with Crippen LogP contribution in [0.3, 0.4) is 0 Å². The van der Waals surface area contributed by atoms with Gasteiger partial charge in [-0.25, -0.2) is 0 Å². The summed E-state index contributed by atoms with van der Waals surface area (Å²) in [7, 11) is 0. The minimum Gasteiger partial charge on any atom is -0.393 e. The van der Waals surface area contributed by atoms with Crippen LogP contribution in [0.4, 0.5) is 0 Å². The van der Waals surface area contributed by atoms with Gasteiger partial charge in [-0.2, -0.15) is 0 Å². The van der Waals surface area contributed by atoms with Crippen LogP contribution in [0, 0.1) is 34.5 Å². The molecule has 0 heterocycles. The molecule has 0 radical (unpaired) electrons. The highest BCUT2D eigenvalue weighted by molar-refractivity contribution is 5.91. The standard InChI is InChI=1S/C22H34O2/c1-4-5-14-12-15-13-16(23)8-10-21(15,2)18-9-11-22(3)17(20(14)18)6-7-19(22)24/h13-14,17-20,24H,4-12H2,1-3H3/t14-,17+,18+,19+,20+,21+,22+/m1/s1. The van der Waals surface area contributed by atoms with Crippen LogP contribution in [0.2, 0.25) is 0 Å². The van der Waals surface area contributed by atoms with Crippen LogP contribution in [-0.2, 0) is 4.79 Å². The second kappa shape index (κ2) is 5.69. The predicted molar refractivity (Wildman–Crippen MR) is 96.5 cm³/mol. The van der Waals surface area contributed by atoms with E-state index in [-0.39, 0.29) is 16.9 Å². The van der Waals surface area contributed by atoms with Crippen molar-refractivity contribution < 1.29 is 9.90 Å². The molecule has 1 N–H and O–H groups in total. The van der Waals surface area contributed by atoms with E-state index >= 15 is 0 Å². The second-order valence-corrected chi connectivity index (χ2v) is 9.73. The van der Waals surface area contributed by atoms with Gasteiger partial charge in [-0.1, -0.05) is 39.2 Å². The van der Waals surface area contributed by atoms with Crippen molar-refractivity contribution in [3.63, 3.8) is 0 Å². The zero-order valence-electron chi connectivity index (χ0n) is 15.7. The lowest BCUT2D eigenvalue weighted by Gasteiger charge is -2.60. The van der Waals surface area contributed by atoms with Crippen molar-refractivity contribution in [2.75, 3.05) is 0 Å². The number of carbonyl (C=O) groups is 1. The van der Waals surface area contributed by atoms with Crippen molar-refractivity contribution in [3.8, 4) is 0 Å². The van der Waals surface area contributed by atoms with Crippen molar-refractivity contribution in [1.29, 1.82) is 0 Å². The summed E-state index contributed by atoms with van der Waals surface area (Å²) in [6.45, 7) is 7.13. The molecule has 24 heavy (non-hydrogen) atoms. The summed E-state index contributed by atoms with van der Waals surface area (Å²) in [5.41, 5.74) is 1.87. The molecule has 134 valence electrons. The van der Waals surface area contributed by atoms with E-state index in [1.54, 1.807) is 0 Å². The summed E-state index contributed by atoms with van der Waals surface area (Å²) in [5.74, 6) is 3.26. The Balaban J connectivity index is 1.75. The Kier molecular flexibility index (Phi) is 3.99. The number of hydrogen-bond donors (Lipinski definition) is 1. The van der Waals surface area contributed by atoms with Gasteiger partial charge in [0.05, 0.1) is 6.10 Å². The molecule has 0 amide bonds. The summed E-state index contributed by atoms with van der Waals surface area (Å²) >= 11 is 0. The Morgan fingerprint density at radius 2 is 1.96 bits per heavy atom. The van der Waals surface area contributed by atoms with Crippen molar-refractivity contribution >= 4 is 5.78 Å². The molecule has 7 atom stereocenters. The number of allylic oxidation sites excluding steroid dienone is 1. The number of hydrogen-bond acceptors (Lipinski definition) is 2. The number of ketones is 1. The lowest BCUT2D eigenvalue weighted by atomic mass is 9.44. The molecule has 3 fully saturated rings. The first-order valence-electron chi connectivity index (χ1n) is 10.3. The van der Waals surface area contributed by atoms with Gasteiger partial charge in [0.2, 0.25) is 0 Å². The van der Waals surface area contributed by atoms with E-state index < -0.39 is 0 Å². The van der Waals surface area contributed by atoms with Gasteiger partial charge in [-0.3, -0.25) is 4.79 Å². The van der Waals surface area contributed by atoms with Crippen LogP contribution < -0.4 is 0 Å². The monoisotopic (exact) mass is 330 g/mol. The summed E-state index contributed by atoms with van der Waals surface area (Å²) < 4.78 is 0. The molecule has 0 spiro atoms. The number of carbonyl (C=O) groups excluding carboxylic acids is 1. The van der Waals surface area contributed by atoms with Crippen molar-refractivity contribution in [2.45, 2.75) is 84.7 Å². The molecule has 2 heteroatoms. The van der Waals surface area contributed by atoms with Gasteiger partial charge in [0.1, 0.15) is 0 Å². The lowest BCUT2D eigenvalue weighted by Crippen LogP contribution is -2.54. The molecule has 0 aromatic carbocycles. The van der Waals surface area contributed by atoms with E-state index in [0.717, 1.165) is 43.4 Å². The largest absolute Gasteiger partial charge is 0.393 e. The molecule has 4 aliphatic rings. The minimum absolute atomic E-state index is 0.0941. The van der Waals surface area contributed by atoms with E-state index in [1.165, 1.54) is 37.7 Å². The van der Waals surface area contributed by atoms with Gasteiger partial charge >= 0.3 is 0 Å². The van der Waals surface area contributed by atoms with Crippen LogP contribution in [0.5, 0.6) is 0 Å². The van der Waals surface area contributed by atoms with Crippen LogP contribution in [0.25, 0.3) is 0 Å². The second-order valence-electron chi connectivity index (χ2n) is 9.73. The quantitative estimate of drug-likeness (QED) is 0.781. The third-order valence-corrected chi connectivity index (χ3v) is 8.75. The molecule has 4 rings (SSSR count). The fourth-order valence-corrected chi connectivity index (χ4v) is 7.34. The molecule has 0 aliphatic heterocycles. The molecule has 0 saturated heterocycles. The first kappa shape index (κ1) is 16.8. The van der Waals surface area contributed by atoms with Gasteiger partial charge in [0.25, 0.3) is 0 Å². The summed E-state index contributed by atoms with van der Waals surface area (Å²) in [5, 5.41) is 10.7. The number of aliphatic hydroxyl groups excluding tert-OH is 1. The van der Waals surface area contributed by atoms with Crippen LogP contribution in [0.1, 0.15) is 78.6 Å². The maximum absolute atomic E-state index is 12.1. The Morgan fingerprint density at radius 3 is 2.71 bits per heavy atom. The molecular weight excluding hydrogens is 296 g/mol.